The molecule has 0 unspecified atom stereocenters. The van der Waals surface area contributed by atoms with Gasteiger partial charge in [-0.1, -0.05) is 0 Å². The average Bonchev–Trinajstić information content (AvgIpc) is 2.38. The van der Waals surface area contributed by atoms with Crippen molar-refractivity contribution in [3.63, 3.8) is 0 Å². The molecule has 18 heavy (non-hydrogen) atoms. The Morgan fingerprint density at radius 1 is 1.28 bits per heavy atom. The Kier molecular flexibility index (Phi) is 5.17. The lowest BCUT2D eigenvalue weighted by Crippen LogP contribution is -2.28. The number of rotatable bonds is 5. The lowest BCUT2D eigenvalue weighted by Gasteiger charge is -2.16. The summed E-state index contributed by atoms with van der Waals surface area (Å²) in [4.78, 5) is 24.4. The Balaban J connectivity index is 2.46. The predicted octanol–water partition coefficient (Wildman–Crippen LogP) is 1.42. The Labute approximate surface area is 106 Å². The molecule has 0 saturated heterocycles. The summed E-state index contributed by atoms with van der Waals surface area (Å²) in [5.74, 6) is -0.291. The van der Waals surface area contributed by atoms with E-state index in [1.807, 2.05) is 0 Å². The van der Waals surface area contributed by atoms with Crippen LogP contribution in [0.25, 0.3) is 0 Å². The van der Waals surface area contributed by atoms with Gasteiger partial charge in [0, 0.05) is 25.6 Å². The molecule has 0 atom stereocenters. The molecule has 1 amide bonds. The van der Waals surface area contributed by atoms with Gasteiger partial charge < -0.3 is 14.7 Å². The van der Waals surface area contributed by atoms with Crippen LogP contribution in [0.15, 0.2) is 24.3 Å². The van der Waals surface area contributed by atoms with Crippen molar-refractivity contribution >= 4 is 11.9 Å². The van der Waals surface area contributed by atoms with E-state index < -0.39 is 0 Å². The molecule has 0 aromatic heterocycles. The van der Waals surface area contributed by atoms with E-state index in [0.717, 1.165) is 0 Å². The van der Waals surface area contributed by atoms with Gasteiger partial charge in [-0.05, 0) is 30.7 Å². The van der Waals surface area contributed by atoms with Crippen LogP contribution in [0.3, 0.4) is 0 Å². The molecule has 0 aliphatic heterocycles. The van der Waals surface area contributed by atoms with Gasteiger partial charge in [0.2, 0.25) is 0 Å². The first-order valence-corrected chi connectivity index (χ1v) is 5.66. The minimum absolute atomic E-state index is 0.125. The lowest BCUT2D eigenvalue weighted by molar-refractivity contribution is -0.140. The summed E-state index contributed by atoms with van der Waals surface area (Å²) in [5.41, 5.74) is 0.508. The van der Waals surface area contributed by atoms with Gasteiger partial charge in [-0.3, -0.25) is 9.59 Å². The molecule has 98 valence electrons. The molecular weight excluding hydrogens is 234 g/mol. The largest absolute Gasteiger partial charge is 0.508 e. The maximum atomic E-state index is 11.9. The van der Waals surface area contributed by atoms with Crippen LogP contribution in [0.4, 0.5) is 0 Å². The van der Waals surface area contributed by atoms with E-state index in [-0.39, 0.29) is 17.6 Å². The second-order valence-electron chi connectivity index (χ2n) is 3.95. The van der Waals surface area contributed by atoms with Crippen molar-refractivity contribution in [2.75, 3.05) is 20.7 Å². The fraction of sp³-hybridized carbons (Fsp3) is 0.385. The van der Waals surface area contributed by atoms with Gasteiger partial charge in [-0.15, -0.1) is 0 Å². The minimum Gasteiger partial charge on any atom is -0.508 e. The predicted molar refractivity (Wildman–Crippen MR) is 66.3 cm³/mol. The Morgan fingerprint density at radius 2 is 1.89 bits per heavy atom. The number of amides is 1. The molecule has 0 saturated carbocycles. The number of benzene rings is 1. The van der Waals surface area contributed by atoms with E-state index in [4.69, 9.17) is 5.11 Å². The number of hydrogen-bond acceptors (Lipinski definition) is 4. The van der Waals surface area contributed by atoms with Gasteiger partial charge >= 0.3 is 5.97 Å². The van der Waals surface area contributed by atoms with Crippen LogP contribution in [-0.4, -0.2) is 42.6 Å². The van der Waals surface area contributed by atoms with Crippen molar-refractivity contribution in [2.24, 2.45) is 0 Å². The van der Waals surface area contributed by atoms with E-state index in [2.05, 4.69) is 4.74 Å². The van der Waals surface area contributed by atoms with Gasteiger partial charge in [-0.2, -0.15) is 0 Å². The number of hydrogen-bond donors (Lipinski definition) is 1. The summed E-state index contributed by atoms with van der Waals surface area (Å²) in [6.45, 7) is 0.481. The summed E-state index contributed by atoms with van der Waals surface area (Å²) in [6, 6.07) is 6.06. The fourth-order valence-electron chi connectivity index (χ4n) is 1.49. The standard InChI is InChI=1S/C13H17NO4/c1-14(9-3-4-12(16)18-2)13(17)10-5-7-11(15)8-6-10/h5-8,15H,3-4,9H2,1-2H3. The molecule has 5 heteroatoms. The van der Waals surface area contributed by atoms with Crippen LogP contribution >= 0.6 is 0 Å². The van der Waals surface area contributed by atoms with Gasteiger partial charge in [0.25, 0.3) is 5.91 Å². The Bertz CT molecular complexity index is 414. The van der Waals surface area contributed by atoms with Crippen LogP contribution < -0.4 is 0 Å². The number of phenols is 1. The van der Waals surface area contributed by atoms with Crippen molar-refractivity contribution in [3.05, 3.63) is 29.8 Å². The van der Waals surface area contributed by atoms with Crippen molar-refractivity contribution in [2.45, 2.75) is 12.8 Å². The molecule has 1 rings (SSSR count). The smallest absolute Gasteiger partial charge is 0.305 e. The van der Waals surface area contributed by atoms with Crippen molar-refractivity contribution in [1.82, 2.24) is 4.90 Å². The zero-order chi connectivity index (χ0) is 13.5. The SMILES string of the molecule is COC(=O)CCCN(C)C(=O)c1ccc(O)cc1. The highest BCUT2D eigenvalue weighted by Crippen LogP contribution is 2.11. The molecule has 0 aliphatic rings. The molecule has 1 N–H and O–H groups in total. The van der Waals surface area contributed by atoms with Crippen LogP contribution in [0.2, 0.25) is 0 Å². The Hall–Kier alpha value is -2.04. The monoisotopic (exact) mass is 251 g/mol. The van der Waals surface area contributed by atoms with Gasteiger partial charge in [0.15, 0.2) is 0 Å². The molecule has 1 aromatic carbocycles. The van der Waals surface area contributed by atoms with Gasteiger partial charge in [0.05, 0.1) is 7.11 Å². The summed E-state index contributed by atoms with van der Waals surface area (Å²) < 4.78 is 4.52. The highest BCUT2D eigenvalue weighted by atomic mass is 16.5. The van der Waals surface area contributed by atoms with Crippen LogP contribution in [-0.2, 0) is 9.53 Å². The number of nitrogens with zero attached hydrogens (tertiary/aromatic N) is 1. The van der Waals surface area contributed by atoms with Gasteiger partial charge in [-0.25, -0.2) is 0 Å². The zero-order valence-electron chi connectivity index (χ0n) is 10.5. The third-order valence-corrected chi connectivity index (χ3v) is 2.56. The maximum Gasteiger partial charge on any atom is 0.305 e. The van der Waals surface area contributed by atoms with Crippen LogP contribution in [0, 0.1) is 0 Å². The number of phenolic OH excluding ortho intramolecular Hbond substituents is 1. The molecule has 0 heterocycles. The van der Waals surface area contributed by atoms with Crippen molar-refractivity contribution < 1.29 is 19.4 Å². The fourth-order valence-corrected chi connectivity index (χ4v) is 1.49. The van der Waals surface area contributed by atoms with E-state index in [0.29, 0.717) is 24.9 Å². The van der Waals surface area contributed by atoms with E-state index >= 15 is 0 Å². The van der Waals surface area contributed by atoms with Crippen molar-refractivity contribution in [1.29, 1.82) is 0 Å². The number of ether oxygens (including phenoxy) is 1. The summed E-state index contributed by atoms with van der Waals surface area (Å²) in [5, 5.41) is 9.13. The maximum absolute atomic E-state index is 11.9. The van der Waals surface area contributed by atoms with Gasteiger partial charge in [0.1, 0.15) is 5.75 Å². The highest BCUT2D eigenvalue weighted by molar-refractivity contribution is 5.94. The lowest BCUT2D eigenvalue weighted by atomic mass is 10.2. The third-order valence-electron chi connectivity index (χ3n) is 2.56. The van der Waals surface area contributed by atoms with Crippen LogP contribution in [0.1, 0.15) is 23.2 Å². The normalized spacial score (nSPS) is 9.89. The molecule has 0 fully saturated rings. The first-order chi connectivity index (χ1) is 8.54. The van der Waals surface area contributed by atoms with Crippen molar-refractivity contribution in [3.8, 4) is 5.75 Å². The third kappa shape index (κ3) is 4.08. The van der Waals surface area contributed by atoms with E-state index in [1.165, 1.54) is 24.1 Å². The zero-order valence-corrected chi connectivity index (χ0v) is 10.5. The number of aromatic hydroxyl groups is 1. The van der Waals surface area contributed by atoms with E-state index in [9.17, 15) is 9.59 Å². The topological polar surface area (TPSA) is 66.8 Å². The Morgan fingerprint density at radius 3 is 2.44 bits per heavy atom. The number of carbonyl (C=O) groups is 2. The highest BCUT2D eigenvalue weighted by Gasteiger charge is 2.11. The van der Waals surface area contributed by atoms with E-state index in [1.54, 1.807) is 19.2 Å². The minimum atomic E-state index is -0.277. The molecule has 0 spiro atoms. The number of esters is 1. The second-order valence-corrected chi connectivity index (χ2v) is 3.95. The first-order valence-electron chi connectivity index (χ1n) is 5.66. The molecular formula is C13H17NO4. The molecule has 0 bridgehead atoms. The molecule has 5 nitrogen and oxygen atoms in total. The first kappa shape index (κ1) is 14.0. The number of carbonyl (C=O) groups excluding carboxylic acids is 2. The second kappa shape index (κ2) is 6.64. The summed E-state index contributed by atoms with van der Waals surface area (Å²) in [7, 11) is 3.01. The molecule has 0 aliphatic carbocycles. The number of methoxy groups -OCH3 is 1. The summed E-state index contributed by atoms with van der Waals surface area (Å²) >= 11 is 0. The summed E-state index contributed by atoms with van der Waals surface area (Å²) in [6.07, 6.45) is 0.858. The average molecular weight is 251 g/mol. The molecule has 1 aromatic rings. The quantitative estimate of drug-likeness (QED) is 0.804. The van der Waals surface area contributed by atoms with Crippen LogP contribution in [0.5, 0.6) is 5.75 Å². The molecule has 0 radical (unpaired) electrons.